The van der Waals surface area contributed by atoms with Crippen molar-refractivity contribution in [2.75, 3.05) is 39.4 Å². The van der Waals surface area contributed by atoms with Gasteiger partial charge >= 0.3 is 0 Å². The topological polar surface area (TPSA) is 73.0 Å². The molecule has 5 rings (SSSR count). The van der Waals surface area contributed by atoms with Crippen LogP contribution in [0.25, 0.3) is 11.3 Å². The van der Waals surface area contributed by atoms with E-state index in [9.17, 15) is 4.79 Å². The Hall–Kier alpha value is -3.10. The number of amides is 1. The van der Waals surface area contributed by atoms with E-state index in [0.29, 0.717) is 19.7 Å². The van der Waals surface area contributed by atoms with E-state index in [0.717, 1.165) is 73.2 Å². The number of hydrogen-bond donors (Lipinski definition) is 0. The lowest BCUT2D eigenvalue weighted by Crippen LogP contribution is -2.39. The Balaban J connectivity index is 1.31. The van der Waals surface area contributed by atoms with Gasteiger partial charge in [-0.25, -0.2) is 0 Å². The van der Waals surface area contributed by atoms with Crippen molar-refractivity contribution in [1.29, 1.82) is 0 Å². The molecule has 1 fully saturated rings. The number of nitrogens with zero attached hydrogens (tertiary/aromatic N) is 4. The maximum atomic E-state index is 13.4. The number of carbonyl (C=O) groups excluding carboxylic acids is 1. The van der Waals surface area contributed by atoms with Gasteiger partial charge in [0, 0.05) is 37.3 Å². The number of carbonyl (C=O) groups is 1. The van der Waals surface area contributed by atoms with Gasteiger partial charge < -0.3 is 18.8 Å². The van der Waals surface area contributed by atoms with Crippen molar-refractivity contribution < 1.29 is 18.7 Å². The number of ether oxygens (including phenoxy) is 2. The fraction of sp³-hybridized carbons (Fsp3) is 0.440. The molecule has 1 aromatic carbocycles. The molecule has 1 amide bonds. The molecule has 8 nitrogen and oxygen atoms in total. The molecule has 174 valence electrons. The average Bonchev–Trinajstić information content (AvgIpc) is 3.49. The SMILES string of the molecule is Cc1ccc2c(c1)-c1c(cnn1CC(=O)N(CCCN1CCOCC1)Cc1ccco1)CO2. The van der Waals surface area contributed by atoms with E-state index >= 15 is 0 Å². The van der Waals surface area contributed by atoms with E-state index in [2.05, 4.69) is 23.0 Å². The molecule has 0 aliphatic carbocycles. The largest absolute Gasteiger partial charge is 0.488 e. The molecular weight excluding hydrogens is 420 g/mol. The third-order valence-electron chi connectivity index (χ3n) is 6.26. The minimum absolute atomic E-state index is 0.0278. The van der Waals surface area contributed by atoms with Gasteiger partial charge in [0.05, 0.1) is 37.9 Å². The second-order valence-electron chi connectivity index (χ2n) is 8.67. The van der Waals surface area contributed by atoms with E-state index in [-0.39, 0.29) is 12.5 Å². The predicted octanol–water partition coefficient (Wildman–Crippen LogP) is 3.10. The molecule has 33 heavy (non-hydrogen) atoms. The minimum atomic E-state index is 0.0278. The molecule has 0 unspecified atom stereocenters. The summed E-state index contributed by atoms with van der Waals surface area (Å²) in [6.45, 7) is 8.24. The van der Waals surface area contributed by atoms with Crippen molar-refractivity contribution in [2.24, 2.45) is 0 Å². The molecule has 2 aliphatic rings. The Morgan fingerprint density at radius 3 is 2.91 bits per heavy atom. The first-order valence-corrected chi connectivity index (χ1v) is 11.6. The van der Waals surface area contributed by atoms with Crippen molar-refractivity contribution in [3.63, 3.8) is 0 Å². The van der Waals surface area contributed by atoms with Crippen molar-refractivity contribution in [2.45, 2.75) is 33.0 Å². The summed E-state index contributed by atoms with van der Waals surface area (Å²) in [5.41, 5.74) is 4.11. The van der Waals surface area contributed by atoms with E-state index in [1.54, 1.807) is 6.26 Å². The molecule has 2 aliphatic heterocycles. The van der Waals surface area contributed by atoms with Crippen LogP contribution in [0.4, 0.5) is 0 Å². The zero-order valence-corrected chi connectivity index (χ0v) is 19.0. The second-order valence-corrected chi connectivity index (χ2v) is 8.67. The average molecular weight is 451 g/mol. The maximum Gasteiger partial charge on any atom is 0.244 e. The van der Waals surface area contributed by atoms with Gasteiger partial charge in [0.25, 0.3) is 0 Å². The minimum Gasteiger partial charge on any atom is -0.488 e. The third kappa shape index (κ3) is 4.96. The quantitative estimate of drug-likeness (QED) is 0.525. The van der Waals surface area contributed by atoms with Crippen LogP contribution in [0.3, 0.4) is 0 Å². The van der Waals surface area contributed by atoms with Gasteiger partial charge in [-0.05, 0) is 37.6 Å². The van der Waals surface area contributed by atoms with Gasteiger partial charge in [0.2, 0.25) is 5.91 Å². The summed E-state index contributed by atoms with van der Waals surface area (Å²) in [7, 11) is 0. The fourth-order valence-corrected chi connectivity index (χ4v) is 4.49. The van der Waals surface area contributed by atoms with Gasteiger partial charge in [-0.15, -0.1) is 0 Å². The third-order valence-corrected chi connectivity index (χ3v) is 6.26. The smallest absolute Gasteiger partial charge is 0.244 e. The van der Waals surface area contributed by atoms with Crippen LogP contribution in [0.2, 0.25) is 0 Å². The summed E-state index contributed by atoms with van der Waals surface area (Å²) in [5.74, 6) is 1.65. The van der Waals surface area contributed by atoms with Crippen LogP contribution in [-0.4, -0.2) is 64.9 Å². The van der Waals surface area contributed by atoms with Gasteiger partial charge in [0.15, 0.2) is 0 Å². The summed E-state index contributed by atoms with van der Waals surface area (Å²) in [4.78, 5) is 17.7. The van der Waals surface area contributed by atoms with Crippen molar-refractivity contribution in [3.05, 3.63) is 59.7 Å². The van der Waals surface area contributed by atoms with E-state index in [1.165, 1.54) is 0 Å². The molecule has 4 heterocycles. The number of benzene rings is 1. The highest BCUT2D eigenvalue weighted by molar-refractivity contribution is 5.78. The van der Waals surface area contributed by atoms with Crippen LogP contribution in [-0.2, 0) is 29.2 Å². The van der Waals surface area contributed by atoms with E-state index in [1.807, 2.05) is 40.0 Å². The zero-order valence-electron chi connectivity index (χ0n) is 19.0. The molecule has 1 saturated heterocycles. The van der Waals surface area contributed by atoms with Crippen LogP contribution in [0, 0.1) is 6.92 Å². The van der Waals surface area contributed by atoms with E-state index in [4.69, 9.17) is 13.9 Å². The summed E-state index contributed by atoms with van der Waals surface area (Å²) in [5, 5.41) is 4.54. The second kappa shape index (κ2) is 9.80. The molecule has 0 saturated carbocycles. The Morgan fingerprint density at radius 2 is 2.09 bits per heavy atom. The molecule has 0 bridgehead atoms. The number of aryl methyl sites for hydroxylation is 1. The number of furan rings is 1. The Morgan fingerprint density at radius 1 is 1.21 bits per heavy atom. The van der Waals surface area contributed by atoms with Crippen molar-refractivity contribution in [1.82, 2.24) is 19.6 Å². The number of fused-ring (bicyclic) bond motifs is 3. The highest BCUT2D eigenvalue weighted by atomic mass is 16.5. The van der Waals surface area contributed by atoms with Crippen molar-refractivity contribution >= 4 is 5.91 Å². The van der Waals surface area contributed by atoms with Gasteiger partial charge in [-0.3, -0.25) is 14.4 Å². The molecule has 3 aromatic rings. The Bertz CT molecular complexity index is 1090. The fourth-order valence-electron chi connectivity index (χ4n) is 4.49. The van der Waals surface area contributed by atoms with Gasteiger partial charge in [-0.1, -0.05) is 11.6 Å². The molecule has 2 aromatic heterocycles. The molecule has 0 spiro atoms. The molecular formula is C25H30N4O4. The lowest BCUT2D eigenvalue weighted by atomic mass is 10.0. The maximum absolute atomic E-state index is 13.4. The normalized spacial score (nSPS) is 15.5. The van der Waals surface area contributed by atoms with Crippen molar-refractivity contribution in [3.8, 4) is 17.0 Å². The lowest BCUT2D eigenvalue weighted by Gasteiger charge is -2.28. The number of aromatic nitrogens is 2. The highest BCUT2D eigenvalue weighted by Crippen LogP contribution is 2.38. The molecule has 0 atom stereocenters. The number of hydrogen-bond acceptors (Lipinski definition) is 6. The monoisotopic (exact) mass is 450 g/mol. The summed E-state index contributed by atoms with van der Waals surface area (Å²) in [6.07, 6.45) is 4.36. The Kier molecular flexibility index (Phi) is 6.46. The Labute approximate surface area is 193 Å². The van der Waals surface area contributed by atoms with Gasteiger partial charge in [-0.2, -0.15) is 5.10 Å². The lowest BCUT2D eigenvalue weighted by molar-refractivity contribution is -0.133. The number of morpholine rings is 1. The van der Waals surface area contributed by atoms with E-state index < -0.39 is 0 Å². The predicted molar refractivity (Wildman–Crippen MR) is 123 cm³/mol. The van der Waals surface area contributed by atoms with Crippen LogP contribution >= 0.6 is 0 Å². The molecule has 0 radical (unpaired) electrons. The van der Waals surface area contributed by atoms with Crippen LogP contribution in [0.1, 0.15) is 23.3 Å². The number of rotatable bonds is 8. The zero-order chi connectivity index (χ0) is 22.6. The first kappa shape index (κ1) is 21.7. The molecule has 0 N–H and O–H groups in total. The summed E-state index contributed by atoms with van der Waals surface area (Å²) >= 11 is 0. The van der Waals surface area contributed by atoms with Gasteiger partial charge in [0.1, 0.15) is 24.7 Å². The standard InChI is InChI=1S/C25H30N4O4/c1-19-5-6-23-22(14-19)25-20(18-33-23)15-26-29(25)17-24(30)28(16-21-4-2-11-32-21)8-3-7-27-9-12-31-13-10-27/h2,4-6,11,14-15H,3,7-10,12-13,16-18H2,1H3. The summed E-state index contributed by atoms with van der Waals surface area (Å²) < 4.78 is 18.7. The van der Waals surface area contributed by atoms with Crippen LogP contribution in [0.15, 0.2) is 47.2 Å². The summed E-state index contributed by atoms with van der Waals surface area (Å²) in [6, 6.07) is 9.89. The first-order valence-electron chi connectivity index (χ1n) is 11.6. The highest BCUT2D eigenvalue weighted by Gasteiger charge is 2.25. The van der Waals surface area contributed by atoms with Crippen LogP contribution in [0.5, 0.6) is 5.75 Å². The van der Waals surface area contributed by atoms with Crippen LogP contribution < -0.4 is 4.74 Å². The molecule has 8 heteroatoms. The first-order chi connectivity index (χ1) is 16.2.